The van der Waals surface area contributed by atoms with Crippen LogP contribution in [-0.2, 0) is 11.3 Å². The first kappa shape index (κ1) is 19.4. The maximum absolute atomic E-state index is 12.5. The summed E-state index contributed by atoms with van der Waals surface area (Å²) in [6.07, 6.45) is 11.1. The van der Waals surface area contributed by atoms with E-state index in [1.165, 1.54) is 19.3 Å². The Hall–Kier alpha value is -1.89. The van der Waals surface area contributed by atoms with Crippen molar-refractivity contribution in [3.63, 3.8) is 0 Å². The Bertz CT molecular complexity index is 819. The third-order valence-corrected chi connectivity index (χ3v) is 7.01. The lowest BCUT2D eigenvalue weighted by Crippen LogP contribution is -2.31. The zero-order chi connectivity index (χ0) is 19.6. The summed E-state index contributed by atoms with van der Waals surface area (Å²) in [7, 11) is 0. The molecule has 1 aliphatic heterocycles. The first-order valence-electron chi connectivity index (χ1n) is 10.3. The van der Waals surface area contributed by atoms with Crippen LogP contribution in [0, 0.1) is 5.41 Å². The van der Waals surface area contributed by atoms with E-state index in [0.717, 1.165) is 42.5 Å². The molecule has 1 aliphatic carbocycles. The molecule has 7 heteroatoms. The van der Waals surface area contributed by atoms with Gasteiger partial charge in [-0.25, -0.2) is 0 Å². The van der Waals surface area contributed by atoms with Gasteiger partial charge < -0.3 is 4.90 Å². The van der Waals surface area contributed by atoms with Crippen molar-refractivity contribution in [1.29, 1.82) is 0 Å². The molecule has 6 nitrogen and oxygen atoms in total. The van der Waals surface area contributed by atoms with Gasteiger partial charge in [0, 0.05) is 24.4 Å². The van der Waals surface area contributed by atoms with Gasteiger partial charge in [-0.2, -0.15) is 0 Å². The van der Waals surface area contributed by atoms with Gasteiger partial charge >= 0.3 is 0 Å². The van der Waals surface area contributed by atoms with Crippen molar-refractivity contribution in [3.8, 4) is 5.69 Å². The Morgan fingerprint density at radius 1 is 1.25 bits per heavy atom. The number of pyridine rings is 1. The van der Waals surface area contributed by atoms with Crippen molar-refractivity contribution in [3.05, 3.63) is 30.4 Å². The second kappa shape index (κ2) is 8.23. The van der Waals surface area contributed by atoms with E-state index in [0.29, 0.717) is 23.6 Å². The van der Waals surface area contributed by atoms with Crippen LogP contribution in [-0.4, -0.2) is 42.4 Å². The molecule has 0 radical (unpaired) electrons. The molecular formula is C21H29N5OS. The van der Waals surface area contributed by atoms with E-state index in [1.807, 2.05) is 35.0 Å². The van der Waals surface area contributed by atoms with E-state index in [9.17, 15) is 4.79 Å². The molecule has 2 fully saturated rings. The molecule has 0 bridgehead atoms. The lowest BCUT2D eigenvalue weighted by molar-refractivity contribution is -0.131. The summed E-state index contributed by atoms with van der Waals surface area (Å²) in [5, 5.41) is 10.5. The van der Waals surface area contributed by atoms with Gasteiger partial charge in [-0.05, 0) is 49.7 Å². The van der Waals surface area contributed by atoms with E-state index in [2.05, 4.69) is 33.6 Å². The first-order chi connectivity index (χ1) is 13.5. The molecule has 2 aromatic heterocycles. The summed E-state index contributed by atoms with van der Waals surface area (Å²) >= 11 is 1.82. The predicted molar refractivity (Wildman–Crippen MR) is 110 cm³/mol. The van der Waals surface area contributed by atoms with E-state index in [-0.39, 0.29) is 5.91 Å². The standard InChI is InChI=1S/C21H29N5OS/c1-21(2)10-9-17(13-21)28-20-24-23-18(26(20)16-7-6-11-22-14-16)15-25-12-5-3-4-8-19(25)27/h6-7,11,14,17H,3-5,8-10,12-13,15H2,1-2H3. The molecule has 1 unspecified atom stereocenters. The van der Waals surface area contributed by atoms with Gasteiger partial charge in [0.05, 0.1) is 18.4 Å². The predicted octanol–water partition coefficient (Wildman–Crippen LogP) is 4.24. The van der Waals surface area contributed by atoms with Crippen molar-refractivity contribution in [1.82, 2.24) is 24.6 Å². The number of rotatable bonds is 5. The number of hydrogen-bond donors (Lipinski definition) is 0. The molecule has 150 valence electrons. The van der Waals surface area contributed by atoms with Crippen LogP contribution in [0.15, 0.2) is 29.7 Å². The lowest BCUT2D eigenvalue weighted by atomic mass is 9.92. The van der Waals surface area contributed by atoms with E-state index in [1.54, 1.807) is 6.20 Å². The topological polar surface area (TPSA) is 63.9 Å². The van der Waals surface area contributed by atoms with Crippen molar-refractivity contribution < 1.29 is 4.79 Å². The van der Waals surface area contributed by atoms with Crippen LogP contribution in [0.3, 0.4) is 0 Å². The number of carbonyl (C=O) groups is 1. The number of thioether (sulfide) groups is 1. The Labute approximate surface area is 171 Å². The maximum atomic E-state index is 12.5. The molecule has 1 saturated carbocycles. The van der Waals surface area contributed by atoms with Crippen molar-refractivity contribution in [2.45, 2.75) is 75.7 Å². The summed E-state index contributed by atoms with van der Waals surface area (Å²) in [5.41, 5.74) is 1.36. The van der Waals surface area contributed by atoms with Crippen LogP contribution in [0.5, 0.6) is 0 Å². The highest BCUT2D eigenvalue weighted by Crippen LogP contribution is 2.44. The zero-order valence-corrected chi connectivity index (χ0v) is 17.6. The van der Waals surface area contributed by atoms with Gasteiger partial charge in [-0.1, -0.05) is 32.0 Å². The molecule has 4 rings (SSSR count). The second-order valence-electron chi connectivity index (χ2n) is 8.72. The molecule has 1 saturated heterocycles. The maximum Gasteiger partial charge on any atom is 0.222 e. The van der Waals surface area contributed by atoms with Gasteiger partial charge in [0.15, 0.2) is 11.0 Å². The van der Waals surface area contributed by atoms with Crippen LogP contribution < -0.4 is 0 Å². The fourth-order valence-electron chi connectivity index (χ4n) is 4.22. The Morgan fingerprint density at radius 2 is 2.14 bits per heavy atom. The number of aromatic nitrogens is 4. The fourth-order valence-corrected chi connectivity index (χ4v) is 5.70. The number of amides is 1. The average Bonchev–Trinajstić information content (AvgIpc) is 3.16. The molecule has 28 heavy (non-hydrogen) atoms. The summed E-state index contributed by atoms with van der Waals surface area (Å²) in [4.78, 5) is 18.7. The molecule has 2 aliphatic rings. The third kappa shape index (κ3) is 4.40. The van der Waals surface area contributed by atoms with Gasteiger partial charge in [0.25, 0.3) is 0 Å². The molecule has 0 spiro atoms. The highest BCUT2D eigenvalue weighted by molar-refractivity contribution is 7.99. The largest absolute Gasteiger partial charge is 0.335 e. The number of nitrogens with zero attached hydrogens (tertiary/aromatic N) is 5. The smallest absolute Gasteiger partial charge is 0.222 e. The zero-order valence-electron chi connectivity index (χ0n) is 16.8. The van der Waals surface area contributed by atoms with Crippen LogP contribution in [0.25, 0.3) is 5.69 Å². The first-order valence-corrected chi connectivity index (χ1v) is 11.2. The second-order valence-corrected chi connectivity index (χ2v) is 9.99. The summed E-state index contributed by atoms with van der Waals surface area (Å²) in [6, 6.07) is 3.97. The molecule has 2 aromatic rings. The highest BCUT2D eigenvalue weighted by Gasteiger charge is 2.33. The van der Waals surface area contributed by atoms with Crippen molar-refractivity contribution in [2.24, 2.45) is 5.41 Å². The minimum Gasteiger partial charge on any atom is -0.335 e. The number of likely N-dealkylation sites (tertiary alicyclic amines) is 1. The van der Waals surface area contributed by atoms with E-state index >= 15 is 0 Å². The minimum atomic E-state index is 0.227. The number of carbonyl (C=O) groups excluding carboxylic acids is 1. The van der Waals surface area contributed by atoms with E-state index < -0.39 is 0 Å². The summed E-state index contributed by atoms with van der Waals surface area (Å²) < 4.78 is 2.10. The monoisotopic (exact) mass is 399 g/mol. The van der Waals surface area contributed by atoms with Gasteiger partial charge in [0.1, 0.15) is 0 Å². The Balaban J connectivity index is 1.61. The molecule has 3 heterocycles. The van der Waals surface area contributed by atoms with Crippen molar-refractivity contribution >= 4 is 17.7 Å². The van der Waals surface area contributed by atoms with Gasteiger partial charge in [0.2, 0.25) is 5.91 Å². The normalized spacial score (nSPS) is 22.4. The molecular weight excluding hydrogens is 370 g/mol. The van der Waals surface area contributed by atoms with Crippen LogP contribution in [0.4, 0.5) is 0 Å². The van der Waals surface area contributed by atoms with Gasteiger partial charge in [-0.15, -0.1) is 10.2 Å². The lowest BCUT2D eigenvalue weighted by Gasteiger charge is -2.21. The highest BCUT2D eigenvalue weighted by atomic mass is 32.2. The summed E-state index contributed by atoms with van der Waals surface area (Å²) in [5.74, 6) is 1.05. The minimum absolute atomic E-state index is 0.227. The van der Waals surface area contributed by atoms with Crippen LogP contribution in [0.1, 0.15) is 64.6 Å². The SMILES string of the molecule is CC1(C)CCC(Sc2nnc(CN3CCCCCC3=O)n2-c2cccnc2)C1. The fraction of sp³-hybridized carbons (Fsp3) is 0.619. The van der Waals surface area contributed by atoms with Crippen LogP contribution >= 0.6 is 11.8 Å². The molecule has 1 atom stereocenters. The molecule has 1 amide bonds. The van der Waals surface area contributed by atoms with E-state index in [4.69, 9.17) is 0 Å². The Morgan fingerprint density at radius 3 is 2.89 bits per heavy atom. The van der Waals surface area contributed by atoms with Crippen molar-refractivity contribution in [2.75, 3.05) is 6.54 Å². The molecule has 0 aromatic carbocycles. The summed E-state index contributed by atoms with van der Waals surface area (Å²) in [6.45, 7) is 6.00. The average molecular weight is 400 g/mol. The third-order valence-electron chi connectivity index (χ3n) is 5.80. The van der Waals surface area contributed by atoms with Crippen LogP contribution in [0.2, 0.25) is 0 Å². The van der Waals surface area contributed by atoms with Gasteiger partial charge in [-0.3, -0.25) is 14.3 Å². The quantitative estimate of drug-likeness (QED) is 0.753. The molecule has 0 N–H and O–H groups in total. The Kier molecular flexibility index (Phi) is 5.71. The number of hydrogen-bond acceptors (Lipinski definition) is 5.